The Kier molecular flexibility index (Phi) is 3.82. The first-order valence-electron chi connectivity index (χ1n) is 6.25. The largest absolute Gasteiger partial charge is 0.379 e. The van der Waals surface area contributed by atoms with Crippen molar-refractivity contribution in [3.05, 3.63) is 0 Å². The zero-order chi connectivity index (χ0) is 11.5. The molecule has 2 atom stereocenters. The molecule has 0 spiro atoms. The van der Waals surface area contributed by atoms with Gasteiger partial charge < -0.3 is 15.0 Å². The number of ether oxygens (including phenoxy) is 1. The summed E-state index contributed by atoms with van der Waals surface area (Å²) in [5.74, 6) is 0.263. The van der Waals surface area contributed by atoms with Crippen LogP contribution in [0.2, 0.25) is 0 Å². The molecule has 1 saturated heterocycles. The third kappa shape index (κ3) is 2.23. The number of nitrogens with one attached hydrogen (secondary N) is 1. The van der Waals surface area contributed by atoms with Crippen LogP contribution in [0.15, 0.2) is 0 Å². The smallest absolute Gasteiger partial charge is 0.229 e. The average Bonchev–Trinajstić information content (AvgIpc) is 2.97. The number of amides is 1. The SMILES string of the molecule is CNC1COCC1C(=O)N(C)C1CCCC1. The molecule has 0 aromatic rings. The standard InChI is InChI=1S/C12H22N2O2/c1-13-11-8-16-7-10(11)12(15)14(2)9-5-3-4-6-9/h9-11,13H,3-8H2,1-2H3. The molecule has 16 heavy (non-hydrogen) atoms. The maximum absolute atomic E-state index is 12.3. The van der Waals surface area contributed by atoms with E-state index in [1.165, 1.54) is 25.7 Å². The quantitative estimate of drug-likeness (QED) is 0.767. The third-order valence-electron chi connectivity index (χ3n) is 3.99. The summed E-state index contributed by atoms with van der Waals surface area (Å²) in [4.78, 5) is 14.3. The summed E-state index contributed by atoms with van der Waals surface area (Å²) in [5, 5.41) is 3.17. The van der Waals surface area contributed by atoms with E-state index in [0.717, 1.165) is 0 Å². The van der Waals surface area contributed by atoms with Gasteiger partial charge in [-0.25, -0.2) is 0 Å². The number of likely N-dealkylation sites (N-methyl/N-ethyl adjacent to an activating group) is 1. The molecule has 0 radical (unpaired) electrons. The first-order valence-corrected chi connectivity index (χ1v) is 6.25. The molecule has 1 saturated carbocycles. The van der Waals surface area contributed by atoms with E-state index in [1.807, 2.05) is 19.0 Å². The van der Waals surface area contributed by atoms with Crippen LogP contribution in [0.4, 0.5) is 0 Å². The second kappa shape index (κ2) is 5.15. The van der Waals surface area contributed by atoms with Crippen LogP contribution in [-0.2, 0) is 9.53 Å². The van der Waals surface area contributed by atoms with Gasteiger partial charge in [-0.3, -0.25) is 4.79 Å². The van der Waals surface area contributed by atoms with Gasteiger partial charge in [0.25, 0.3) is 0 Å². The van der Waals surface area contributed by atoms with E-state index >= 15 is 0 Å². The Balaban J connectivity index is 1.95. The first-order chi connectivity index (χ1) is 7.74. The minimum absolute atomic E-state index is 0.00981. The minimum atomic E-state index is 0.00981. The van der Waals surface area contributed by atoms with E-state index in [1.54, 1.807) is 0 Å². The fourth-order valence-corrected chi connectivity index (χ4v) is 2.82. The second-order valence-electron chi connectivity index (χ2n) is 4.93. The molecule has 1 N–H and O–H groups in total. The van der Waals surface area contributed by atoms with Crippen LogP contribution in [0.3, 0.4) is 0 Å². The molecule has 1 aliphatic carbocycles. The fraction of sp³-hybridized carbons (Fsp3) is 0.917. The van der Waals surface area contributed by atoms with Crippen LogP contribution in [-0.4, -0.2) is 50.2 Å². The van der Waals surface area contributed by atoms with Crippen molar-refractivity contribution in [2.45, 2.75) is 37.8 Å². The number of hydrogen-bond acceptors (Lipinski definition) is 3. The predicted octanol–water partition coefficient (Wildman–Crippen LogP) is 0.622. The number of rotatable bonds is 3. The zero-order valence-corrected chi connectivity index (χ0v) is 10.2. The molecule has 2 unspecified atom stereocenters. The van der Waals surface area contributed by atoms with Gasteiger partial charge in [0.2, 0.25) is 5.91 Å². The van der Waals surface area contributed by atoms with Gasteiger partial charge in [-0.1, -0.05) is 12.8 Å². The van der Waals surface area contributed by atoms with Crippen molar-refractivity contribution in [1.29, 1.82) is 0 Å². The molecule has 1 aliphatic heterocycles. The highest BCUT2D eigenvalue weighted by Gasteiger charge is 2.36. The first kappa shape index (κ1) is 11.9. The van der Waals surface area contributed by atoms with Crippen molar-refractivity contribution < 1.29 is 9.53 Å². The summed E-state index contributed by atoms with van der Waals surface area (Å²) in [7, 11) is 3.85. The molecule has 4 heteroatoms. The predicted molar refractivity (Wildman–Crippen MR) is 62.2 cm³/mol. The highest BCUT2D eigenvalue weighted by molar-refractivity contribution is 5.80. The van der Waals surface area contributed by atoms with E-state index in [0.29, 0.717) is 19.3 Å². The number of nitrogens with zero attached hydrogens (tertiary/aromatic N) is 1. The molecule has 2 fully saturated rings. The van der Waals surface area contributed by atoms with Crippen molar-refractivity contribution in [2.24, 2.45) is 5.92 Å². The highest BCUT2D eigenvalue weighted by atomic mass is 16.5. The summed E-state index contributed by atoms with van der Waals surface area (Å²) in [5.41, 5.74) is 0. The van der Waals surface area contributed by atoms with Crippen LogP contribution >= 0.6 is 0 Å². The Morgan fingerprint density at radius 2 is 2.00 bits per heavy atom. The molecular weight excluding hydrogens is 204 g/mol. The van der Waals surface area contributed by atoms with Gasteiger partial charge in [0.1, 0.15) is 0 Å². The van der Waals surface area contributed by atoms with Gasteiger partial charge in [-0.05, 0) is 19.9 Å². The van der Waals surface area contributed by atoms with E-state index in [9.17, 15) is 4.79 Å². The van der Waals surface area contributed by atoms with E-state index in [2.05, 4.69) is 5.32 Å². The molecule has 2 aliphatic rings. The zero-order valence-electron chi connectivity index (χ0n) is 10.2. The second-order valence-corrected chi connectivity index (χ2v) is 4.93. The molecule has 0 aromatic heterocycles. The topological polar surface area (TPSA) is 41.6 Å². The molecule has 2 rings (SSSR count). The molecular formula is C12H22N2O2. The monoisotopic (exact) mass is 226 g/mol. The lowest BCUT2D eigenvalue weighted by atomic mass is 10.0. The van der Waals surface area contributed by atoms with Crippen LogP contribution in [0.1, 0.15) is 25.7 Å². The van der Waals surface area contributed by atoms with Crippen LogP contribution in [0.25, 0.3) is 0 Å². The number of carbonyl (C=O) groups excluding carboxylic acids is 1. The highest BCUT2D eigenvalue weighted by Crippen LogP contribution is 2.25. The molecule has 4 nitrogen and oxygen atoms in total. The van der Waals surface area contributed by atoms with Crippen molar-refractivity contribution in [1.82, 2.24) is 10.2 Å². The summed E-state index contributed by atoms with van der Waals surface area (Å²) in [6.45, 7) is 1.23. The van der Waals surface area contributed by atoms with E-state index < -0.39 is 0 Å². The van der Waals surface area contributed by atoms with Crippen LogP contribution in [0, 0.1) is 5.92 Å². The minimum Gasteiger partial charge on any atom is -0.379 e. The Bertz CT molecular complexity index is 251. The fourth-order valence-electron chi connectivity index (χ4n) is 2.82. The summed E-state index contributed by atoms with van der Waals surface area (Å²) >= 11 is 0. The molecule has 1 amide bonds. The summed E-state index contributed by atoms with van der Waals surface area (Å²) in [6, 6.07) is 0.655. The molecule has 0 aromatic carbocycles. The van der Waals surface area contributed by atoms with Crippen molar-refractivity contribution in [3.8, 4) is 0 Å². The lowest BCUT2D eigenvalue weighted by molar-refractivity contribution is -0.136. The maximum atomic E-state index is 12.3. The Morgan fingerprint density at radius 3 is 2.62 bits per heavy atom. The Morgan fingerprint density at radius 1 is 1.31 bits per heavy atom. The number of hydrogen-bond donors (Lipinski definition) is 1. The molecule has 92 valence electrons. The van der Waals surface area contributed by atoms with Crippen LogP contribution in [0.5, 0.6) is 0 Å². The summed E-state index contributed by atoms with van der Waals surface area (Å²) < 4.78 is 5.38. The van der Waals surface area contributed by atoms with Crippen LogP contribution < -0.4 is 5.32 Å². The maximum Gasteiger partial charge on any atom is 0.229 e. The summed E-state index contributed by atoms with van der Waals surface area (Å²) in [6.07, 6.45) is 4.86. The average molecular weight is 226 g/mol. The third-order valence-corrected chi connectivity index (χ3v) is 3.99. The lowest BCUT2D eigenvalue weighted by Gasteiger charge is -2.28. The van der Waals surface area contributed by atoms with Crippen molar-refractivity contribution in [3.63, 3.8) is 0 Å². The van der Waals surface area contributed by atoms with Gasteiger partial charge in [0, 0.05) is 19.1 Å². The van der Waals surface area contributed by atoms with Gasteiger partial charge in [0.05, 0.1) is 19.1 Å². The van der Waals surface area contributed by atoms with Gasteiger partial charge in [-0.2, -0.15) is 0 Å². The van der Waals surface area contributed by atoms with Gasteiger partial charge in [0.15, 0.2) is 0 Å². The molecule has 0 bridgehead atoms. The Labute approximate surface area is 97.3 Å². The molecule has 1 heterocycles. The van der Waals surface area contributed by atoms with Gasteiger partial charge >= 0.3 is 0 Å². The normalized spacial score (nSPS) is 30.9. The van der Waals surface area contributed by atoms with E-state index in [4.69, 9.17) is 4.74 Å². The number of carbonyl (C=O) groups is 1. The van der Waals surface area contributed by atoms with Gasteiger partial charge in [-0.15, -0.1) is 0 Å². The van der Waals surface area contributed by atoms with Crippen molar-refractivity contribution in [2.75, 3.05) is 27.3 Å². The van der Waals surface area contributed by atoms with E-state index in [-0.39, 0.29) is 17.9 Å². The van der Waals surface area contributed by atoms with Crippen molar-refractivity contribution >= 4 is 5.91 Å². The lowest BCUT2D eigenvalue weighted by Crippen LogP contribution is -2.46. The Hall–Kier alpha value is -0.610.